The summed E-state index contributed by atoms with van der Waals surface area (Å²) < 4.78 is 39.6. The largest absolute Gasteiger partial charge is 0.493 e. The number of carbonyl (C=O) groups excluding carboxylic acids is 3. The van der Waals surface area contributed by atoms with Crippen LogP contribution in [0.25, 0.3) is 11.0 Å². The van der Waals surface area contributed by atoms with Crippen LogP contribution in [-0.2, 0) is 19.6 Å². The first-order valence-electron chi connectivity index (χ1n) is 13.0. The summed E-state index contributed by atoms with van der Waals surface area (Å²) in [5.74, 6) is -1.78. The Kier molecular flexibility index (Phi) is 9.17. The SMILES string of the molecule is COc1cccc2cc(C(=O)N[C@@H](CC(C)C)C(=O)N(C3CCCNCC3=O)S(=O)(=O)c3cccc(Cl)c3)oc12. The number of Topliss-reactive ketones (excluding diaryl/α,β-unsaturated/α-hetero) is 1. The minimum Gasteiger partial charge on any atom is -0.493 e. The van der Waals surface area contributed by atoms with E-state index in [4.69, 9.17) is 20.8 Å². The van der Waals surface area contributed by atoms with Crippen LogP contribution >= 0.6 is 11.6 Å². The Bertz CT molecular complexity index is 1520. The van der Waals surface area contributed by atoms with Gasteiger partial charge in [0.05, 0.1) is 18.6 Å². The number of furan rings is 1. The molecular weight excluding hydrogens is 558 g/mol. The number of carbonyl (C=O) groups is 3. The predicted molar refractivity (Wildman–Crippen MR) is 150 cm³/mol. The van der Waals surface area contributed by atoms with Gasteiger partial charge in [0.2, 0.25) is 0 Å². The highest BCUT2D eigenvalue weighted by Gasteiger charge is 2.43. The number of sulfonamides is 1. The van der Waals surface area contributed by atoms with Gasteiger partial charge in [-0.3, -0.25) is 14.4 Å². The zero-order valence-corrected chi connectivity index (χ0v) is 24.0. The van der Waals surface area contributed by atoms with Gasteiger partial charge in [-0.1, -0.05) is 43.6 Å². The molecule has 4 rings (SSSR count). The smallest absolute Gasteiger partial charge is 0.287 e. The quantitative estimate of drug-likeness (QED) is 0.385. The number of ether oxygens (including phenoxy) is 1. The lowest BCUT2D eigenvalue weighted by atomic mass is 10.0. The summed E-state index contributed by atoms with van der Waals surface area (Å²) in [6, 6.07) is 9.72. The molecule has 0 spiro atoms. The van der Waals surface area contributed by atoms with E-state index in [-0.39, 0.29) is 41.0 Å². The Morgan fingerprint density at radius 3 is 2.65 bits per heavy atom. The average Bonchev–Trinajstić information content (AvgIpc) is 3.25. The first-order valence-corrected chi connectivity index (χ1v) is 14.8. The van der Waals surface area contributed by atoms with E-state index in [0.29, 0.717) is 34.0 Å². The molecule has 0 saturated carbocycles. The van der Waals surface area contributed by atoms with Crippen molar-refractivity contribution < 1.29 is 32.0 Å². The maximum absolute atomic E-state index is 14.2. The van der Waals surface area contributed by atoms with Gasteiger partial charge in [-0.25, -0.2) is 12.7 Å². The Labute approximate surface area is 238 Å². The maximum Gasteiger partial charge on any atom is 0.287 e. The minimum absolute atomic E-state index is 0.0694. The van der Waals surface area contributed by atoms with Crippen LogP contribution in [0.3, 0.4) is 0 Å². The van der Waals surface area contributed by atoms with Crippen molar-refractivity contribution >= 4 is 50.2 Å². The molecule has 1 aliphatic heterocycles. The van der Waals surface area contributed by atoms with E-state index < -0.39 is 39.7 Å². The number of fused-ring (bicyclic) bond motifs is 1. The Morgan fingerprint density at radius 1 is 1.20 bits per heavy atom. The molecule has 0 radical (unpaired) electrons. The molecule has 1 aliphatic rings. The van der Waals surface area contributed by atoms with Crippen LogP contribution in [0.5, 0.6) is 5.75 Å². The molecule has 2 N–H and O–H groups in total. The van der Waals surface area contributed by atoms with Gasteiger partial charge in [-0.15, -0.1) is 0 Å². The molecule has 1 unspecified atom stereocenters. The summed E-state index contributed by atoms with van der Waals surface area (Å²) >= 11 is 6.08. The molecule has 10 nitrogen and oxygen atoms in total. The monoisotopic (exact) mass is 589 g/mol. The maximum atomic E-state index is 14.2. The summed E-state index contributed by atoms with van der Waals surface area (Å²) in [5, 5.41) is 6.41. The Balaban J connectivity index is 1.74. The van der Waals surface area contributed by atoms with Gasteiger partial charge in [-0.2, -0.15) is 0 Å². The summed E-state index contributed by atoms with van der Waals surface area (Å²) in [4.78, 5) is 40.4. The number of hydrogen-bond acceptors (Lipinski definition) is 8. The van der Waals surface area contributed by atoms with Gasteiger partial charge in [0, 0.05) is 10.4 Å². The summed E-state index contributed by atoms with van der Waals surface area (Å²) in [6.07, 6.45) is 0.741. The first kappa shape index (κ1) is 29.6. The summed E-state index contributed by atoms with van der Waals surface area (Å²) in [7, 11) is -3.04. The Morgan fingerprint density at radius 2 is 1.95 bits per heavy atom. The van der Waals surface area contributed by atoms with E-state index in [0.717, 1.165) is 0 Å². The van der Waals surface area contributed by atoms with E-state index in [2.05, 4.69) is 10.6 Å². The molecule has 1 saturated heterocycles. The third-order valence-electron chi connectivity index (χ3n) is 6.62. The zero-order chi connectivity index (χ0) is 29.0. The Hall–Kier alpha value is -3.41. The topological polar surface area (TPSA) is 135 Å². The van der Waals surface area contributed by atoms with Gasteiger partial charge >= 0.3 is 0 Å². The third-order valence-corrected chi connectivity index (χ3v) is 8.65. The van der Waals surface area contributed by atoms with E-state index in [1.807, 2.05) is 13.8 Å². The van der Waals surface area contributed by atoms with Gasteiger partial charge in [0.1, 0.15) is 12.1 Å². The molecule has 2 amide bonds. The number of ketones is 1. The number of rotatable bonds is 9. The molecule has 40 heavy (non-hydrogen) atoms. The van der Waals surface area contributed by atoms with Crippen molar-refractivity contribution in [1.82, 2.24) is 14.9 Å². The van der Waals surface area contributed by atoms with E-state index in [9.17, 15) is 22.8 Å². The minimum atomic E-state index is -4.52. The molecule has 12 heteroatoms. The normalized spacial score (nSPS) is 16.9. The standard InChI is InChI=1S/C28H32ClN3O7S/c1-17(2)13-21(31-27(34)25-14-18-7-4-11-24(38-3)26(18)39-25)28(35)32(22-10-6-12-30-16-23(22)33)40(36,37)20-9-5-8-19(29)15-20/h4-5,7-9,11,14-15,17,21-22,30H,6,10,12-13,16H2,1-3H3,(H,31,34)/t21-,22?/m0/s1. The van der Waals surface area contributed by atoms with E-state index >= 15 is 0 Å². The summed E-state index contributed by atoms with van der Waals surface area (Å²) in [5.41, 5.74) is 0.364. The average molecular weight is 590 g/mol. The van der Waals surface area contributed by atoms with Crippen LogP contribution in [0.15, 0.2) is 57.8 Å². The number of benzene rings is 2. The van der Waals surface area contributed by atoms with Crippen LogP contribution in [0.1, 0.15) is 43.7 Å². The van der Waals surface area contributed by atoms with Crippen LogP contribution in [0.4, 0.5) is 0 Å². The van der Waals surface area contributed by atoms with Gasteiger partial charge in [0.25, 0.3) is 21.8 Å². The first-order chi connectivity index (χ1) is 19.0. The number of nitrogens with one attached hydrogen (secondary N) is 2. The van der Waals surface area contributed by atoms with Crippen molar-refractivity contribution in [2.24, 2.45) is 5.92 Å². The molecule has 1 fully saturated rings. The number of amides is 2. The molecule has 0 aliphatic carbocycles. The second kappa shape index (κ2) is 12.4. The van der Waals surface area contributed by atoms with Crippen LogP contribution < -0.4 is 15.4 Å². The van der Waals surface area contributed by atoms with Gasteiger partial charge in [0.15, 0.2) is 22.9 Å². The molecular formula is C28H32ClN3O7S. The molecule has 2 atom stereocenters. The third kappa shape index (κ3) is 6.32. The predicted octanol–water partition coefficient (Wildman–Crippen LogP) is 3.78. The summed E-state index contributed by atoms with van der Waals surface area (Å²) in [6.45, 7) is 4.11. The fourth-order valence-electron chi connectivity index (χ4n) is 4.72. The van der Waals surface area contributed by atoms with Crippen molar-refractivity contribution in [3.05, 3.63) is 59.3 Å². The van der Waals surface area contributed by atoms with E-state index in [1.54, 1.807) is 18.2 Å². The lowest BCUT2D eigenvalue weighted by Gasteiger charge is -2.33. The molecule has 214 valence electrons. The van der Waals surface area contributed by atoms with Crippen molar-refractivity contribution in [3.8, 4) is 5.75 Å². The number of halogens is 1. The lowest BCUT2D eigenvalue weighted by Crippen LogP contribution is -2.56. The van der Waals surface area contributed by atoms with Crippen molar-refractivity contribution in [1.29, 1.82) is 0 Å². The molecule has 1 aromatic heterocycles. The number of methoxy groups -OCH3 is 1. The second-order valence-corrected chi connectivity index (χ2v) is 12.3. The highest BCUT2D eigenvalue weighted by atomic mass is 35.5. The van der Waals surface area contributed by atoms with Gasteiger partial charge < -0.3 is 19.8 Å². The number of para-hydroxylation sites is 1. The van der Waals surface area contributed by atoms with Crippen molar-refractivity contribution in [2.75, 3.05) is 20.2 Å². The second-order valence-electron chi connectivity index (χ2n) is 10.0. The molecule has 0 bridgehead atoms. The zero-order valence-electron chi connectivity index (χ0n) is 22.5. The highest BCUT2D eigenvalue weighted by molar-refractivity contribution is 7.89. The fourth-order valence-corrected chi connectivity index (χ4v) is 6.65. The molecule has 2 aromatic carbocycles. The van der Waals surface area contributed by atoms with Crippen molar-refractivity contribution in [2.45, 2.75) is 50.1 Å². The highest BCUT2D eigenvalue weighted by Crippen LogP contribution is 2.29. The van der Waals surface area contributed by atoms with Crippen LogP contribution in [0.2, 0.25) is 5.02 Å². The number of hydrogen-bond donors (Lipinski definition) is 2. The molecule has 2 heterocycles. The van der Waals surface area contributed by atoms with Crippen molar-refractivity contribution in [3.63, 3.8) is 0 Å². The van der Waals surface area contributed by atoms with Crippen LogP contribution in [-0.4, -0.2) is 62.6 Å². The van der Waals surface area contributed by atoms with E-state index in [1.165, 1.54) is 37.4 Å². The molecule has 3 aromatic rings. The lowest BCUT2D eigenvalue weighted by molar-refractivity contribution is -0.135. The van der Waals surface area contributed by atoms with Crippen LogP contribution in [0, 0.1) is 5.92 Å². The van der Waals surface area contributed by atoms with Gasteiger partial charge in [-0.05, 0) is 62.1 Å². The fraction of sp³-hybridized carbons (Fsp3) is 0.393. The number of nitrogens with zero attached hydrogens (tertiary/aromatic N) is 1.